The number of thiazole rings is 1. The largest absolute Gasteiger partial charge is 0.264 e. The molecule has 96 valence electrons. The van der Waals surface area contributed by atoms with Gasteiger partial charge in [-0.1, -0.05) is 0 Å². The summed E-state index contributed by atoms with van der Waals surface area (Å²) in [6.07, 6.45) is 8.99. The van der Waals surface area contributed by atoms with Crippen LogP contribution in [0, 0.1) is 0 Å². The normalized spacial score (nSPS) is 11.0. The molecule has 0 aliphatic rings. The molecule has 20 heavy (non-hydrogen) atoms. The third kappa shape index (κ3) is 1.86. The lowest BCUT2D eigenvalue weighted by molar-refractivity contribution is 0.877. The van der Waals surface area contributed by atoms with Gasteiger partial charge < -0.3 is 0 Å². The number of hydrogen-bond donors (Lipinski definition) is 0. The first-order valence-corrected chi connectivity index (χ1v) is 6.89. The maximum atomic E-state index is 4.54. The van der Waals surface area contributed by atoms with Gasteiger partial charge in [-0.05, 0) is 24.3 Å². The van der Waals surface area contributed by atoms with Gasteiger partial charge in [-0.25, -0.2) is 14.6 Å². The molecule has 0 atom stereocenters. The summed E-state index contributed by atoms with van der Waals surface area (Å²) < 4.78 is 2.83. The highest BCUT2D eigenvalue weighted by molar-refractivity contribution is 7.21. The van der Waals surface area contributed by atoms with Crippen LogP contribution in [0.15, 0.2) is 55.2 Å². The van der Waals surface area contributed by atoms with E-state index in [-0.39, 0.29) is 0 Å². The van der Waals surface area contributed by atoms with E-state index in [1.54, 1.807) is 34.6 Å². The van der Waals surface area contributed by atoms with E-state index in [0.717, 1.165) is 26.6 Å². The maximum Gasteiger partial charge on any atom is 0.171 e. The van der Waals surface area contributed by atoms with Gasteiger partial charge >= 0.3 is 0 Å². The van der Waals surface area contributed by atoms with Crippen LogP contribution in [-0.2, 0) is 0 Å². The molecule has 6 heteroatoms. The van der Waals surface area contributed by atoms with Crippen LogP contribution in [0.5, 0.6) is 0 Å². The Morgan fingerprint density at radius 2 is 2.10 bits per heavy atom. The molecular formula is C14H9N5S. The Morgan fingerprint density at radius 3 is 2.90 bits per heavy atom. The highest BCUT2D eigenvalue weighted by Crippen LogP contribution is 2.29. The van der Waals surface area contributed by atoms with E-state index >= 15 is 0 Å². The standard InChI is InChI=1S/C14H9N5S/c1-3-10(8-15-4-1)14-18-13-12(20-14)7-11(9-16-13)19-6-2-5-17-19/h1-9H. The first kappa shape index (κ1) is 11.2. The predicted molar refractivity (Wildman–Crippen MR) is 77.8 cm³/mol. The van der Waals surface area contributed by atoms with Gasteiger partial charge in [0, 0.05) is 30.4 Å². The lowest BCUT2D eigenvalue weighted by atomic mass is 10.3. The minimum Gasteiger partial charge on any atom is -0.264 e. The Morgan fingerprint density at radius 1 is 1.10 bits per heavy atom. The second-order valence-corrected chi connectivity index (χ2v) is 5.26. The molecule has 0 saturated carbocycles. The summed E-state index contributed by atoms with van der Waals surface area (Å²) >= 11 is 1.61. The first-order valence-electron chi connectivity index (χ1n) is 6.07. The molecule has 0 aliphatic carbocycles. The summed E-state index contributed by atoms with van der Waals surface area (Å²) in [6.45, 7) is 0. The Kier molecular flexibility index (Phi) is 2.53. The quantitative estimate of drug-likeness (QED) is 0.566. The second kappa shape index (κ2) is 4.50. The molecule has 0 unspecified atom stereocenters. The Hall–Kier alpha value is -2.60. The Bertz CT molecular complexity index is 852. The van der Waals surface area contributed by atoms with Crippen molar-refractivity contribution in [2.24, 2.45) is 0 Å². The van der Waals surface area contributed by atoms with Crippen molar-refractivity contribution in [3.05, 3.63) is 55.2 Å². The molecule has 4 aromatic rings. The van der Waals surface area contributed by atoms with Crippen LogP contribution < -0.4 is 0 Å². The van der Waals surface area contributed by atoms with Gasteiger partial charge in [-0.3, -0.25) is 4.98 Å². The minimum atomic E-state index is 0.754. The van der Waals surface area contributed by atoms with Crippen LogP contribution in [0.4, 0.5) is 0 Å². The summed E-state index contributed by atoms with van der Waals surface area (Å²) in [7, 11) is 0. The van der Waals surface area contributed by atoms with E-state index in [2.05, 4.69) is 20.1 Å². The van der Waals surface area contributed by atoms with Crippen molar-refractivity contribution in [3.8, 4) is 16.3 Å². The molecule has 0 amide bonds. The topological polar surface area (TPSA) is 56.5 Å². The average Bonchev–Trinajstić information content (AvgIpc) is 3.16. The molecule has 0 radical (unpaired) electrons. The SMILES string of the molecule is c1cncc(-c2nc3ncc(-n4cccn4)cc3s2)c1. The lowest BCUT2D eigenvalue weighted by Crippen LogP contribution is -1.94. The van der Waals surface area contributed by atoms with Crippen molar-refractivity contribution in [1.82, 2.24) is 24.7 Å². The van der Waals surface area contributed by atoms with Crippen LogP contribution >= 0.6 is 11.3 Å². The van der Waals surface area contributed by atoms with Crippen molar-refractivity contribution in [2.45, 2.75) is 0 Å². The van der Waals surface area contributed by atoms with E-state index < -0.39 is 0 Å². The lowest BCUT2D eigenvalue weighted by Gasteiger charge is -1.98. The van der Waals surface area contributed by atoms with Crippen LogP contribution in [0.25, 0.3) is 26.6 Å². The monoisotopic (exact) mass is 279 g/mol. The van der Waals surface area contributed by atoms with Gasteiger partial charge in [0.05, 0.1) is 16.6 Å². The molecule has 0 bridgehead atoms. The van der Waals surface area contributed by atoms with Crippen LogP contribution in [0.3, 0.4) is 0 Å². The average molecular weight is 279 g/mol. The van der Waals surface area contributed by atoms with Crippen LogP contribution in [-0.4, -0.2) is 24.7 Å². The first-order chi connectivity index (χ1) is 9.90. The van der Waals surface area contributed by atoms with Crippen molar-refractivity contribution >= 4 is 21.7 Å². The summed E-state index contributed by atoms with van der Waals surface area (Å²) in [5.74, 6) is 0. The van der Waals surface area contributed by atoms with Gasteiger partial charge in [0.2, 0.25) is 0 Å². The molecule has 0 fully saturated rings. The number of nitrogens with zero attached hydrogens (tertiary/aromatic N) is 5. The number of aromatic nitrogens is 5. The fraction of sp³-hybridized carbons (Fsp3) is 0. The fourth-order valence-corrected chi connectivity index (χ4v) is 2.92. The Balaban J connectivity index is 1.84. The van der Waals surface area contributed by atoms with Crippen molar-refractivity contribution in [2.75, 3.05) is 0 Å². The molecule has 0 aromatic carbocycles. The number of hydrogen-bond acceptors (Lipinski definition) is 5. The fourth-order valence-electron chi connectivity index (χ4n) is 1.97. The number of pyridine rings is 2. The predicted octanol–water partition coefficient (Wildman–Crippen LogP) is 2.94. The second-order valence-electron chi connectivity index (χ2n) is 4.23. The van der Waals surface area contributed by atoms with Crippen molar-refractivity contribution in [3.63, 3.8) is 0 Å². The maximum absolute atomic E-state index is 4.54. The van der Waals surface area contributed by atoms with Crippen molar-refractivity contribution < 1.29 is 0 Å². The minimum absolute atomic E-state index is 0.754. The zero-order valence-corrected chi connectivity index (χ0v) is 11.2. The summed E-state index contributed by atoms with van der Waals surface area (Å²) in [4.78, 5) is 13.1. The molecule has 0 spiro atoms. The number of rotatable bonds is 2. The van der Waals surface area contributed by atoms with Crippen molar-refractivity contribution in [1.29, 1.82) is 0 Å². The highest BCUT2D eigenvalue weighted by atomic mass is 32.1. The zero-order valence-electron chi connectivity index (χ0n) is 10.3. The van der Waals surface area contributed by atoms with Gasteiger partial charge in [0.25, 0.3) is 0 Å². The molecule has 0 aliphatic heterocycles. The molecular weight excluding hydrogens is 270 g/mol. The van der Waals surface area contributed by atoms with Gasteiger partial charge in [0.1, 0.15) is 5.01 Å². The van der Waals surface area contributed by atoms with E-state index in [9.17, 15) is 0 Å². The molecule has 4 aromatic heterocycles. The zero-order chi connectivity index (χ0) is 13.4. The third-order valence-corrected chi connectivity index (χ3v) is 3.95. The summed E-state index contributed by atoms with van der Waals surface area (Å²) in [6, 6.07) is 7.84. The van der Waals surface area contributed by atoms with E-state index in [0.29, 0.717) is 0 Å². The molecule has 4 rings (SSSR count). The molecule has 5 nitrogen and oxygen atoms in total. The van der Waals surface area contributed by atoms with E-state index in [1.807, 2.05) is 36.7 Å². The van der Waals surface area contributed by atoms with Gasteiger partial charge in [0.15, 0.2) is 5.65 Å². The number of fused-ring (bicyclic) bond motifs is 1. The smallest absolute Gasteiger partial charge is 0.171 e. The molecule has 0 N–H and O–H groups in total. The summed E-state index contributed by atoms with van der Waals surface area (Å²) in [5, 5.41) is 5.14. The summed E-state index contributed by atoms with van der Waals surface area (Å²) in [5.41, 5.74) is 2.70. The Labute approximate surface area is 118 Å². The molecule has 0 saturated heterocycles. The van der Waals surface area contributed by atoms with Crippen LogP contribution in [0.1, 0.15) is 0 Å². The van der Waals surface area contributed by atoms with Crippen LogP contribution in [0.2, 0.25) is 0 Å². The molecule has 4 heterocycles. The third-order valence-electron chi connectivity index (χ3n) is 2.91. The van der Waals surface area contributed by atoms with E-state index in [4.69, 9.17) is 0 Å². The van der Waals surface area contributed by atoms with Gasteiger partial charge in [-0.2, -0.15) is 5.10 Å². The van der Waals surface area contributed by atoms with Gasteiger partial charge in [-0.15, -0.1) is 11.3 Å². The highest BCUT2D eigenvalue weighted by Gasteiger charge is 2.08. The van der Waals surface area contributed by atoms with E-state index in [1.165, 1.54) is 0 Å².